The van der Waals surface area contributed by atoms with Crippen molar-refractivity contribution in [3.05, 3.63) is 29.8 Å². The highest BCUT2D eigenvalue weighted by molar-refractivity contribution is 5.39. The van der Waals surface area contributed by atoms with Crippen molar-refractivity contribution in [2.45, 2.75) is 39.7 Å². The SMILES string of the molecule is CCC1(C)CCCN(Cc2ccc(N)cc2)C1. The number of rotatable bonds is 3. The van der Waals surface area contributed by atoms with Crippen LogP contribution < -0.4 is 5.73 Å². The topological polar surface area (TPSA) is 29.3 Å². The molecule has 2 rings (SSSR count). The van der Waals surface area contributed by atoms with Gasteiger partial charge in [0, 0.05) is 18.8 Å². The Morgan fingerprint density at radius 1 is 1.29 bits per heavy atom. The Morgan fingerprint density at radius 3 is 2.65 bits per heavy atom. The molecule has 1 fully saturated rings. The summed E-state index contributed by atoms with van der Waals surface area (Å²) in [6.07, 6.45) is 3.99. The van der Waals surface area contributed by atoms with E-state index >= 15 is 0 Å². The van der Waals surface area contributed by atoms with Gasteiger partial charge in [-0.25, -0.2) is 0 Å². The van der Waals surface area contributed by atoms with Crippen LogP contribution in [-0.2, 0) is 6.54 Å². The Balaban J connectivity index is 1.97. The summed E-state index contributed by atoms with van der Waals surface area (Å²) < 4.78 is 0. The molecule has 17 heavy (non-hydrogen) atoms. The molecule has 1 aliphatic rings. The molecule has 0 amide bonds. The quantitative estimate of drug-likeness (QED) is 0.810. The summed E-state index contributed by atoms with van der Waals surface area (Å²) in [5, 5.41) is 0. The van der Waals surface area contributed by atoms with Crippen LogP contribution in [0, 0.1) is 5.41 Å². The smallest absolute Gasteiger partial charge is 0.0314 e. The first-order valence-corrected chi connectivity index (χ1v) is 6.68. The molecule has 1 saturated heterocycles. The average molecular weight is 232 g/mol. The van der Waals surface area contributed by atoms with Crippen LogP contribution in [0.15, 0.2) is 24.3 Å². The predicted molar refractivity (Wildman–Crippen MR) is 73.8 cm³/mol. The lowest BCUT2D eigenvalue weighted by Crippen LogP contribution is -2.40. The molecule has 1 aliphatic heterocycles. The van der Waals surface area contributed by atoms with Crippen LogP contribution in [0.3, 0.4) is 0 Å². The van der Waals surface area contributed by atoms with Gasteiger partial charge in [-0.3, -0.25) is 4.90 Å². The van der Waals surface area contributed by atoms with Gasteiger partial charge in [0.2, 0.25) is 0 Å². The molecule has 0 spiro atoms. The second-order valence-corrected chi connectivity index (χ2v) is 5.72. The zero-order chi connectivity index (χ0) is 12.3. The van der Waals surface area contributed by atoms with Gasteiger partial charge in [0.15, 0.2) is 0 Å². The van der Waals surface area contributed by atoms with Crippen molar-refractivity contribution in [2.75, 3.05) is 18.8 Å². The first-order valence-electron chi connectivity index (χ1n) is 6.68. The van der Waals surface area contributed by atoms with Gasteiger partial charge in [-0.05, 0) is 48.9 Å². The molecule has 0 radical (unpaired) electrons. The van der Waals surface area contributed by atoms with Gasteiger partial charge >= 0.3 is 0 Å². The van der Waals surface area contributed by atoms with Gasteiger partial charge in [0.25, 0.3) is 0 Å². The first-order chi connectivity index (χ1) is 8.11. The van der Waals surface area contributed by atoms with Crippen molar-refractivity contribution in [3.8, 4) is 0 Å². The second-order valence-electron chi connectivity index (χ2n) is 5.72. The van der Waals surface area contributed by atoms with Crippen LogP contribution in [0.1, 0.15) is 38.7 Å². The number of piperidine rings is 1. The number of nitrogen functional groups attached to an aromatic ring is 1. The lowest BCUT2D eigenvalue weighted by Gasteiger charge is -2.40. The van der Waals surface area contributed by atoms with Gasteiger partial charge in [-0.15, -0.1) is 0 Å². The Labute approximate surface area is 105 Å². The van der Waals surface area contributed by atoms with E-state index in [-0.39, 0.29) is 0 Å². The van der Waals surface area contributed by atoms with E-state index in [0.29, 0.717) is 5.41 Å². The van der Waals surface area contributed by atoms with Crippen LogP contribution in [-0.4, -0.2) is 18.0 Å². The van der Waals surface area contributed by atoms with Crippen molar-refractivity contribution in [1.82, 2.24) is 4.90 Å². The Hall–Kier alpha value is -1.02. The fraction of sp³-hybridized carbons (Fsp3) is 0.600. The van der Waals surface area contributed by atoms with E-state index in [9.17, 15) is 0 Å². The third-order valence-corrected chi connectivity index (χ3v) is 4.10. The summed E-state index contributed by atoms with van der Waals surface area (Å²) in [6, 6.07) is 8.29. The molecule has 0 bridgehead atoms. The van der Waals surface area contributed by atoms with Crippen LogP contribution >= 0.6 is 0 Å². The number of hydrogen-bond acceptors (Lipinski definition) is 2. The van der Waals surface area contributed by atoms with E-state index in [0.717, 1.165) is 12.2 Å². The summed E-state index contributed by atoms with van der Waals surface area (Å²) in [5.41, 5.74) is 8.46. The highest BCUT2D eigenvalue weighted by atomic mass is 15.1. The minimum atomic E-state index is 0.520. The minimum absolute atomic E-state index is 0.520. The zero-order valence-electron chi connectivity index (χ0n) is 11.1. The number of nitrogens with zero attached hydrogens (tertiary/aromatic N) is 1. The number of benzene rings is 1. The fourth-order valence-electron chi connectivity index (χ4n) is 2.73. The summed E-state index contributed by atoms with van der Waals surface area (Å²) in [7, 11) is 0. The van der Waals surface area contributed by atoms with Crippen LogP contribution in [0.4, 0.5) is 5.69 Å². The van der Waals surface area contributed by atoms with Gasteiger partial charge in [0.1, 0.15) is 0 Å². The Morgan fingerprint density at radius 2 is 2.00 bits per heavy atom. The Bertz CT molecular complexity index is 358. The lowest BCUT2D eigenvalue weighted by atomic mass is 9.79. The van der Waals surface area contributed by atoms with Crippen LogP contribution in [0.2, 0.25) is 0 Å². The molecule has 94 valence electrons. The number of anilines is 1. The number of hydrogen-bond donors (Lipinski definition) is 1. The summed E-state index contributed by atoms with van der Waals surface area (Å²) in [6.45, 7) is 8.26. The molecule has 1 heterocycles. The number of nitrogens with two attached hydrogens (primary N) is 1. The highest BCUT2D eigenvalue weighted by Crippen LogP contribution is 2.33. The van der Waals surface area contributed by atoms with Crippen molar-refractivity contribution in [3.63, 3.8) is 0 Å². The number of likely N-dealkylation sites (tertiary alicyclic amines) is 1. The molecule has 0 saturated carbocycles. The second kappa shape index (κ2) is 5.09. The maximum absolute atomic E-state index is 5.71. The van der Waals surface area contributed by atoms with Crippen molar-refractivity contribution >= 4 is 5.69 Å². The predicted octanol–water partition coefficient (Wildman–Crippen LogP) is 3.28. The van der Waals surface area contributed by atoms with Gasteiger partial charge < -0.3 is 5.73 Å². The fourth-order valence-corrected chi connectivity index (χ4v) is 2.73. The van der Waals surface area contributed by atoms with E-state index in [1.807, 2.05) is 12.1 Å². The third kappa shape index (κ3) is 3.22. The molecule has 2 heteroatoms. The summed E-state index contributed by atoms with van der Waals surface area (Å²) in [4.78, 5) is 2.58. The van der Waals surface area contributed by atoms with Gasteiger partial charge in [-0.2, -0.15) is 0 Å². The van der Waals surface area contributed by atoms with Crippen LogP contribution in [0.5, 0.6) is 0 Å². The molecular formula is C15H24N2. The Kier molecular flexibility index (Phi) is 3.72. The van der Waals surface area contributed by atoms with E-state index in [2.05, 4.69) is 30.9 Å². The minimum Gasteiger partial charge on any atom is -0.399 e. The van der Waals surface area contributed by atoms with Gasteiger partial charge in [0.05, 0.1) is 0 Å². The molecule has 1 atom stereocenters. The average Bonchev–Trinajstić information content (AvgIpc) is 2.32. The van der Waals surface area contributed by atoms with Crippen LogP contribution in [0.25, 0.3) is 0 Å². The molecule has 2 N–H and O–H groups in total. The largest absolute Gasteiger partial charge is 0.399 e. The van der Waals surface area contributed by atoms with E-state index in [4.69, 9.17) is 5.73 Å². The molecular weight excluding hydrogens is 208 g/mol. The third-order valence-electron chi connectivity index (χ3n) is 4.10. The molecule has 1 unspecified atom stereocenters. The first kappa shape index (κ1) is 12.4. The van der Waals surface area contributed by atoms with Crippen molar-refractivity contribution < 1.29 is 0 Å². The maximum Gasteiger partial charge on any atom is 0.0314 e. The van der Waals surface area contributed by atoms with E-state index in [1.54, 1.807) is 0 Å². The molecule has 1 aromatic rings. The molecule has 0 aliphatic carbocycles. The van der Waals surface area contributed by atoms with E-state index < -0.39 is 0 Å². The molecule has 2 nitrogen and oxygen atoms in total. The normalized spacial score (nSPS) is 26.0. The maximum atomic E-state index is 5.71. The van der Waals surface area contributed by atoms with Crippen molar-refractivity contribution in [1.29, 1.82) is 0 Å². The van der Waals surface area contributed by atoms with E-state index in [1.165, 1.54) is 37.9 Å². The monoisotopic (exact) mass is 232 g/mol. The molecule has 0 aromatic heterocycles. The van der Waals surface area contributed by atoms with Crippen molar-refractivity contribution in [2.24, 2.45) is 5.41 Å². The summed E-state index contributed by atoms with van der Waals surface area (Å²) >= 11 is 0. The highest BCUT2D eigenvalue weighted by Gasteiger charge is 2.28. The van der Waals surface area contributed by atoms with Gasteiger partial charge in [-0.1, -0.05) is 26.0 Å². The molecule has 1 aromatic carbocycles. The lowest BCUT2D eigenvalue weighted by molar-refractivity contribution is 0.0937. The standard InChI is InChI=1S/C15H24N2/c1-3-15(2)9-4-10-17(12-15)11-13-5-7-14(16)8-6-13/h5-8H,3-4,9-12,16H2,1-2H3. The zero-order valence-corrected chi connectivity index (χ0v) is 11.1. The summed E-state index contributed by atoms with van der Waals surface area (Å²) in [5.74, 6) is 0.